The molecule has 1 aromatic rings. The molecule has 3 rings (SSSR count). The zero-order valence-corrected chi connectivity index (χ0v) is 10.8. The van der Waals surface area contributed by atoms with Crippen LogP contribution in [0.15, 0.2) is 24.3 Å². The summed E-state index contributed by atoms with van der Waals surface area (Å²) in [6, 6.07) is 6.86. The first-order chi connectivity index (χ1) is 9.20. The molecule has 19 heavy (non-hydrogen) atoms. The van der Waals surface area contributed by atoms with E-state index in [9.17, 15) is 9.90 Å². The van der Waals surface area contributed by atoms with E-state index in [4.69, 9.17) is 4.74 Å². The van der Waals surface area contributed by atoms with Crippen LogP contribution in [0.3, 0.4) is 0 Å². The smallest absolute Gasteiger partial charge is 0.414 e. The molecule has 0 aliphatic carbocycles. The Balaban J connectivity index is 1.78. The van der Waals surface area contributed by atoms with Gasteiger partial charge in [0.2, 0.25) is 0 Å². The number of ether oxygens (including phenoxy) is 1. The molecule has 0 bridgehead atoms. The van der Waals surface area contributed by atoms with Crippen LogP contribution in [-0.2, 0) is 4.74 Å². The molecular formula is C14H18N2O3. The van der Waals surface area contributed by atoms with Crippen LogP contribution in [0.25, 0.3) is 0 Å². The highest BCUT2D eigenvalue weighted by atomic mass is 16.6. The van der Waals surface area contributed by atoms with E-state index in [0.717, 1.165) is 32.4 Å². The van der Waals surface area contributed by atoms with E-state index in [1.54, 1.807) is 24.3 Å². The highest BCUT2D eigenvalue weighted by Crippen LogP contribution is 2.36. The van der Waals surface area contributed by atoms with E-state index in [-0.39, 0.29) is 17.4 Å². The van der Waals surface area contributed by atoms with Gasteiger partial charge in [-0.1, -0.05) is 12.1 Å². The molecule has 1 spiro atoms. The molecule has 0 saturated carbocycles. The minimum atomic E-state index is -0.352. The molecule has 102 valence electrons. The van der Waals surface area contributed by atoms with Crippen molar-refractivity contribution in [1.29, 1.82) is 0 Å². The molecule has 0 unspecified atom stereocenters. The second-order valence-electron chi connectivity index (χ2n) is 5.19. The zero-order chi connectivity index (χ0) is 13.3. The minimum Gasteiger partial charge on any atom is -0.506 e. The van der Waals surface area contributed by atoms with Crippen LogP contribution in [0.4, 0.5) is 10.5 Å². The van der Waals surface area contributed by atoms with Gasteiger partial charge in [-0.25, -0.2) is 4.79 Å². The molecule has 5 nitrogen and oxygen atoms in total. The van der Waals surface area contributed by atoms with Crippen LogP contribution in [-0.4, -0.2) is 36.4 Å². The summed E-state index contributed by atoms with van der Waals surface area (Å²) in [6.07, 6.45) is 2.20. The van der Waals surface area contributed by atoms with Crippen molar-refractivity contribution in [3.63, 3.8) is 0 Å². The van der Waals surface area contributed by atoms with Crippen molar-refractivity contribution >= 4 is 11.8 Å². The Labute approximate surface area is 112 Å². The first-order valence-electron chi connectivity index (χ1n) is 6.69. The molecule has 2 saturated heterocycles. The molecule has 1 aromatic carbocycles. The van der Waals surface area contributed by atoms with Gasteiger partial charge >= 0.3 is 6.09 Å². The molecule has 2 N–H and O–H groups in total. The topological polar surface area (TPSA) is 61.8 Å². The van der Waals surface area contributed by atoms with Crippen molar-refractivity contribution in [2.75, 3.05) is 24.5 Å². The number of benzene rings is 1. The summed E-state index contributed by atoms with van der Waals surface area (Å²) in [5.41, 5.74) is 0.222. The number of aromatic hydroxyl groups is 1. The number of nitrogens with zero attached hydrogens (tertiary/aromatic N) is 1. The van der Waals surface area contributed by atoms with E-state index in [1.807, 2.05) is 0 Å². The fourth-order valence-corrected chi connectivity index (χ4v) is 2.84. The van der Waals surface area contributed by atoms with Gasteiger partial charge in [-0.3, -0.25) is 4.90 Å². The quantitative estimate of drug-likeness (QED) is 0.811. The summed E-state index contributed by atoms with van der Waals surface area (Å²) < 4.78 is 5.67. The lowest BCUT2D eigenvalue weighted by Gasteiger charge is -2.43. The van der Waals surface area contributed by atoms with Gasteiger partial charge in [-0.15, -0.1) is 0 Å². The maximum atomic E-state index is 12.2. The molecular weight excluding hydrogens is 244 g/mol. The van der Waals surface area contributed by atoms with Gasteiger partial charge in [0, 0.05) is 13.0 Å². The van der Waals surface area contributed by atoms with Gasteiger partial charge in [0.05, 0.1) is 5.69 Å². The fourth-order valence-electron chi connectivity index (χ4n) is 2.84. The molecule has 2 aliphatic heterocycles. The number of piperidine rings is 1. The fraction of sp³-hybridized carbons (Fsp3) is 0.500. The number of anilines is 1. The van der Waals surface area contributed by atoms with Crippen molar-refractivity contribution in [3.8, 4) is 5.75 Å². The molecule has 5 heteroatoms. The van der Waals surface area contributed by atoms with Crippen LogP contribution in [0.2, 0.25) is 0 Å². The molecule has 2 fully saturated rings. The Morgan fingerprint density at radius 1 is 1.21 bits per heavy atom. The lowest BCUT2D eigenvalue weighted by Crippen LogP contribution is -2.54. The lowest BCUT2D eigenvalue weighted by atomic mass is 9.87. The van der Waals surface area contributed by atoms with Gasteiger partial charge in [-0.05, 0) is 38.1 Å². The van der Waals surface area contributed by atoms with Crippen LogP contribution in [0.5, 0.6) is 5.75 Å². The number of carbonyl (C=O) groups is 1. The summed E-state index contributed by atoms with van der Waals surface area (Å²) in [6.45, 7) is 2.38. The van der Waals surface area contributed by atoms with Crippen LogP contribution < -0.4 is 10.2 Å². The van der Waals surface area contributed by atoms with Crippen LogP contribution >= 0.6 is 0 Å². The van der Waals surface area contributed by atoms with E-state index in [1.165, 1.54) is 4.90 Å². The number of hydrogen-bond acceptors (Lipinski definition) is 4. The zero-order valence-electron chi connectivity index (χ0n) is 10.8. The Morgan fingerprint density at radius 3 is 2.63 bits per heavy atom. The second-order valence-corrected chi connectivity index (χ2v) is 5.19. The first kappa shape index (κ1) is 12.3. The highest BCUT2D eigenvalue weighted by Gasteiger charge is 2.42. The summed E-state index contributed by atoms with van der Waals surface area (Å²) in [4.78, 5) is 13.7. The molecule has 2 heterocycles. The number of hydrogen-bond donors (Lipinski definition) is 2. The molecule has 0 atom stereocenters. The summed E-state index contributed by atoms with van der Waals surface area (Å²) in [5, 5.41) is 13.1. The third-order valence-corrected chi connectivity index (χ3v) is 4.00. The Morgan fingerprint density at radius 2 is 1.95 bits per heavy atom. The predicted molar refractivity (Wildman–Crippen MR) is 71.4 cm³/mol. The largest absolute Gasteiger partial charge is 0.506 e. The summed E-state index contributed by atoms with van der Waals surface area (Å²) >= 11 is 0. The predicted octanol–water partition coefficient (Wildman–Crippen LogP) is 1.86. The van der Waals surface area contributed by atoms with Crippen molar-refractivity contribution in [1.82, 2.24) is 5.32 Å². The van der Waals surface area contributed by atoms with Gasteiger partial charge in [0.1, 0.15) is 11.4 Å². The van der Waals surface area contributed by atoms with Gasteiger partial charge in [0.15, 0.2) is 0 Å². The van der Waals surface area contributed by atoms with Gasteiger partial charge in [0.25, 0.3) is 0 Å². The third kappa shape index (κ3) is 2.26. The molecule has 2 aliphatic rings. The van der Waals surface area contributed by atoms with Crippen molar-refractivity contribution in [2.45, 2.75) is 24.9 Å². The Hall–Kier alpha value is -1.75. The maximum Gasteiger partial charge on any atom is 0.414 e. The maximum absolute atomic E-state index is 12.2. The van der Waals surface area contributed by atoms with E-state index in [2.05, 4.69) is 5.32 Å². The van der Waals surface area contributed by atoms with Gasteiger partial charge in [-0.2, -0.15) is 0 Å². The first-order valence-corrected chi connectivity index (χ1v) is 6.69. The molecule has 0 aromatic heterocycles. The Bertz CT molecular complexity index is 483. The van der Waals surface area contributed by atoms with E-state index >= 15 is 0 Å². The Kier molecular flexibility index (Phi) is 3.06. The van der Waals surface area contributed by atoms with E-state index in [0.29, 0.717) is 12.2 Å². The normalized spacial score (nSPS) is 22.3. The SMILES string of the molecule is O=C1OC2(CCNCC2)CCN1c1ccccc1O. The standard InChI is InChI=1S/C14H18N2O3/c17-12-4-2-1-3-11(12)16-10-7-14(19-13(16)18)5-8-15-9-6-14/h1-4,15,17H,5-10H2. The average molecular weight is 262 g/mol. The highest BCUT2D eigenvalue weighted by molar-refractivity contribution is 5.90. The number of nitrogens with one attached hydrogen (secondary N) is 1. The number of carbonyl (C=O) groups excluding carboxylic acids is 1. The second kappa shape index (κ2) is 4.74. The third-order valence-electron chi connectivity index (χ3n) is 4.00. The van der Waals surface area contributed by atoms with Crippen molar-refractivity contribution < 1.29 is 14.6 Å². The number of para-hydroxylation sites is 2. The minimum absolute atomic E-state index is 0.112. The monoisotopic (exact) mass is 262 g/mol. The molecule has 0 radical (unpaired) electrons. The summed E-state index contributed by atoms with van der Waals surface area (Å²) in [5.74, 6) is 0.112. The van der Waals surface area contributed by atoms with Crippen molar-refractivity contribution in [2.24, 2.45) is 0 Å². The lowest BCUT2D eigenvalue weighted by molar-refractivity contribution is -0.0262. The van der Waals surface area contributed by atoms with Crippen LogP contribution in [0, 0.1) is 0 Å². The van der Waals surface area contributed by atoms with E-state index < -0.39 is 0 Å². The van der Waals surface area contributed by atoms with Gasteiger partial charge < -0.3 is 15.2 Å². The number of amides is 1. The summed E-state index contributed by atoms with van der Waals surface area (Å²) in [7, 11) is 0. The number of rotatable bonds is 1. The number of phenols is 1. The molecule has 1 amide bonds. The van der Waals surface area contributed by atoms with Crippen LogP contribution in [0.1, 0.15) is 19.3 Å². The number of phenolic OH excluding ortho intramolecular Hbond substituents is 1. The van der Waals surface area contributed by atoms with Crippen molar-refractivity contribution in [3.05, 3.63) is 24.3 Å². The average Bonchev–Trinajstić information content (AvgIpc) is 2.41.